The molecule has 4 aromatic rings. The molecule has 1 heterocycles. The molecule has 0 unspecified atom stereocenters. The van der Waals surface area contributed by atoms with E-state index in [1.165, 1.54) is 22.9 Å². The van der Waals surface area contributed by atoms with Gasteiger partial charge in [-0.25, -0.2) is 0 Å². The minimum absolute atomic E-state index is 0.202. The fraction of sp³-hybridized carbons (Fsp3) is 0.0625. The van der Waals surface area contributed by atoms with Crippen LogP contribution in [0, 0.1) is 0 Å². The number of Topliss-reactive ketones (excluding diaryl/α,β-unsaturated/α-hetero) is 2. The second-order valence-electron chi connectivity index (χ2n) is 8.92. The van der Waals surface area contributed by atoms with E-state index in [4.69, 9.17) is 0 Å². The zero-order chi connectivity index (χ0) is 24.8. The lowest BCUT2D eigenvalue weighted by Gasteiger charge is -2.34. The largest absolute Gasteiger partial charge is 0.304 e. The van der Waals surface area contributed by atoms with E-state index in [-0.39, 0.29) is 17.1 Å². The summed E-state index contributed by atoms with van der Waals surface area (Å²) in [7, 11) is 0. The molecule has 0 fully saturated rings. The number of ketones is 2. The van der Waals surface area contributed by atoms with E-state index in [2.05, 4.69) is 47.9 Å². The molecule has 4 heteroatoms. The Kier molecular flexibility index (Phi) is 5.46. The molecule has 0 saturated carbocycles. The van der Waals surface area contributed by atoms with Crippen molar-refractivity contribution in [3.8, 4) is 0 Å². The normalized spacial score (nSPS) is 14.5. The summed E-state index contributed by atoms with van der Waals surface area (Å²) in [5.74, 6) is -0.444. The van der Waals surface area contributed by atoms with E-state index >= 15 is 0 Å². The number of carbonyl (C=O) groups excluding carboxylic acids is 2. The van der Waals surface area contributed by atoms with Gasteiger partial charge in [0.2, 0.25) is 0 Å². The number of rotatable bonds is 4. The Morgan fingerprint density at radius 2 is 1.31 bits per heavy atom. The third-order valence-electron chi connectivity index (χ3n) is 6.77. The predicted octanol–water partition coefficient (Wildman–Crippen LogP) is 8.00. The maximum absolute atomic E-state index is 13.3. The average molecular weight is 486 g/mol. The van der Waals surface area contributed by atoms with Crippen LogP contribution < -0.4 is 4.90 Å². The third kappa shape index (κ3) is 3.62. The van der Waals surface area contributed by atoms with Gasteiger partial charge in [0.15, 0.2) is 11.6 Å². The van der Waals surface area contributed by atoms with E-state index in [0.717, 1.165) is 38.5 Å². The molecule has 2 aliphatic rings. The Labute approximate surface area is 214 Å². The van der Waals surface area contributed by atoms with Gasteiger partial charge in [-0.15, -0.1) is 0 Å². The van der Waals surface area contributed by atoms with Gasteiger partial charge in [0.05, 0.1) is 22.0 Å². The van der Waals surface area contributed by atoms with Crippen LogP contribution in [0.15, 0.2) is 119 Å². The van der Waals surface area contributed by atoms with Gasteiger partial charge in [-0.3, -0.25) is 9.59 Å². The molecule has 0 aromatic heterocycles. The molecular formula is C32H23NO2S. The molecule has 0 bridgehead atoms. The quantitative estimate of drug-likeness (QED) is 0.217. The molecule has 0 radical (unpaired) electrons. The van der Waals surface area contributed by atoms with Crippen molar-refractivity contribution in [2.45, 2.75) is 13.3 Å². The lowest BCUT2D eigenvalue weighted by Crippen LogP contribution is -2.21. The van der Waals surface area contributed by atoms with Crippen LogP contribution in [-0.4, -0.2) is 11.6 Å². The Balaban J connectivity index is 1.33. The molecule has 3 nitrogen and oxygen atoms in total. The van der Waals surface area contributed by atoms with Crippen molar-refractivity contribution >= 4 is 45.5 Å². The number of benzene rings is 4. The number of thioether (sulfide) groups is 1. The smallest absolute Gasteiger partial charge is 0.197 e. The van der Waals surface area contributed by atoms with Crippen molar-refractivity contribution in [3.63, 3.8) is 0 Å². The fourth-order valence-electron chi connectivity index (χ4n) is 5.00. The SMILES string of the molecule is C=C(S/C(C=C1C(=O)c2cc3ccccc3cc2C1=O)=C\C)N1c2ccccc2Cc2ccccc21. The minimum Gasteiger partial charge on any atom is -0.304 e. The number of allylic oxidation sites excluding steroid dienone is 3. The highest BCUT2D eigenvalue weighted by Crippen LogP contribution is 2.45. The number of hydrogen-bond donors (Lipinski definition) is 0. The highest BCUT2D eigenvalue weighted by molar-refractivity contribution is 8.07. The second-order valence-corrected chi connectivity index (χ2v) is 10.1. The standard InChI is InChI=1S/C32H23NO2S/c1-3-25(19-28-31(34)26-17-21-10-4-5-11-22(21)18-27(26)32(28)35)36-20(2)33-29-14-8-6-12-23(29)16-24-13-7-9-15-30(24)33/h3-15,17-19H,2,16H2,1H3/b25-3-. The second kappa shape index (κ2) is 8.81. The Morgan fingerprint density at radius 1 is 0.806 bits per heavy atom. The van der Waals surface area contributed by atoms with Crippen LogP contribution in [0.4, 0.5) is 11.4 Å². The van der Waals surface area contributed by atoms with Gasteiger partial charge in [-0.2, -0.15) is 0 Å². The first-order valence-electron chi connectivity index (χ1n) is 11.9. The summed E-state index contributed by atoms with van der Waals surface area (Å²) in [6.45, 7) is 6.31. The van der Waals surface area contributed by atoms with E-state index in [1.54, 1.807) is 6.08 Å². The summed E-state index contributed by atoms with van der Waals surface area (Å²) in [5, 5.41) is 2.71. The van der Waals surface area contributed by atoms with Crippen molar-refractivity contribution < 1.29 is 9.59 Å². The van der Waals surface area contributed by atoms with Crippen LogP contribution in [-0.2, 0) is 6.42 Å². The van der Waals surface area contributed by atoms with Gasteiger partial charge in [-0.1, -0.05) is 85.1 Å². The van der Waals surface area contributed by atoms with Gasteiger partial charge < -0.3 is 4.90 Å². The Bertz CT molecular complexity index is 1560. The molecule has 1 aliphatic carbocycles. The summed E-state index contributed by atoms with van der Waals surface area (Å²) in [5.41, 5.74) is 5.83. The van der Waals surface area contributed by atoms with Gasteiger partial charge in [0.1, 0.15) is 0 Å². The minimum atomic E-state index is -0.222. The molecule has 6 rings (SSSR count). The van der Waals surface area contributed by atoms with E-state index in [0.29, 0.717) is 11.1 Å². The summed E-state index contributed by atoms with van der Waals surface area (Å²) in [6.07, 6.45) is 4.51. The van der Waals surface area contributed by atoms with Crippen molar-refractivity contribution in [1.82, 2.24) is 0 Å². The van der Waals surface area contributed by atoms with Crippen LogP contribution in [0.2, 0.25) is 0 Å². The van der Waals surface area contributed by atoms with E-state index in [9.17, 15) is 9.59 Å². The highest BCUT2D eigenvalue weighted by Gasteiger charge is 2.34. The monoisotopic (exact) mass is 485 g/mol. The van der Waals surface area contributed by atoms with Gasteiger partial charge in [-0.05, 0) is 59.2 Å². The van der Waals surface area contributed by atoms with Crippen molar-refractivity contribution in [3.05, 3.63) is 141 Å². The molecule has 36 heavy (non-hydrogen) atoms. The van der Waals surface area contributed by atoms with Gasteiger partial charge in [0, 0.05) is 22.5 Å². The first-order valence-corrected chi connectivity index (χ1v) is 12.7. The lowest BCUT2D eigenvalue weighted by molar-refractivity contribution is 0.0988. The summed E-state index contributed by atoms with van der Waals surface area (Å²) < 4.78 is 0. The number of anilines is 2. The summed E-state index contributed by atoms with van der Waals surface area (Å²) >= 11 is 1.46. The van der Waals surface area contributed by atoms with E-state index in [1.807, 2.05) is 61.5 Å². The van der Waals surface area contributed by atoms with Gasteiger partial charge in [0.25, 0.3) is 0 Å². The first kappa shape index (κ1) is 22.3. The maximum Gasteiger partial charge on any atom is 0.197 e. The highest BCUT2D eigenvalue weighted by atomic mass is 32.2. The fourth-order valence-corrected chi connectivity index (χ4v) is 5.85. The number of carbonyl (C=O) groups is 2. The zero-order valence-electron chi connectivity index (χ0n) is 19.8. The van der Waals surface area contributed by atoms with Crippen LogP contribution >= 0.6 is 11.8 Å². The zero-order valence-corrected chi connectivity index (χ0v) is 20.6. The van der Waals surface area contributed by atoms with E-state index < -0.39 is 0 Å². The molecule has 1 aliphatic heterocycles. The Hall–Kier alpha value is -4.15. The van der Waals surface area contributed by atoms with Crippen molar-refractivity contribution in [2.75, 3.05) is 4.90 Å². The first-order chi connectivity index (χ1) is 17.5. The van der Waals surface area contributed by atoms with Crippen LogP contribution in [0.3, 0.4) is 0 Å². The topological polar surface area (TPSA) is 37.4 Å². The van der Waals surface area contributed by atoms with Gasteiger partial charge >= 0.3 is 0 Å². The van der Waals surface area contributed by atoms with Crippen LogP contribution in [0.1, 0.15) is 38.8 Å². The van der Waals surface area contributed by atoms with Crippen LogP contribution in [0.25, 0.3) is 10.8 Å². The average Bonchev–Trinajstić information content (AvgIpc) is 3.13. The summed E-state index contributed by atoms with van der Waals surface area (Å²) in [4.78, 5) is 29.5. The third-order valence-corrected chi connectivity index (χ3v) is 7.77. The predicted molar refractivity (Wildman–Crippen MR) is 149 cm³/mol. The molecule has 0 N–H and O–H groups in total. The van der Waals surface area contributed by atoms with Crippen LogP contribution in [0.5, 0.6) is 0 Å². The summed E-state index contributed by atoms with van der Waals surface area (Å²) in [6, 6.07) is 28.1. The molecule has 174 valence electrons. The van der Waals surface area contributed by atoms with Crippen molar-refractivity contribution in [1.29, 1.82) is 0 Å². The molecular weight excluding hydrogens is 462 g/mol. The number of nitrogens with zero attached hydrogens (tertiary/aromatic N) is 1. The molecule has 4 aromatic carbocycles. The molecule has 0 amide bonds. The number of hydrogen-bond acceptors (Lipinski definition) is 4. The number of fused-ring (bicyclic) bond motifs is 4. The molecule has 0 atom stereocenters. The lowest BCUT2D eigenvalue weighted by atomic mass is 9.96. The Morgan fingerprint density at radius 3 is 1.83 bits per heavy atom. The van der Waals surface area contributed by atoms with Crippen molar-refractivity contribution in [2.24, 2.45) is 0 Å². The molecule has 0 spiro atoms. The molecule has 0 saturated heterocycles. The maximum atomic E-state index is 13.3. The number of para-hydroxylation sites is 2.